The number of hydrogen-bond donors (Lipinski definition) is 0. The summed E-state index contributed by atoms with van der Waals surface area (Å²) in [5, 5.41) is 2.45. The number of halogens is 1. The largest absolute Gasteiger partial charge is 0.447 e. The molecule has 0 saturated carbocycles. The highest BCUT2D eigenvalue weighted by atomic mass is 19.1. The van der Waals surface area contributed by atoms with Crippen molar-refractivity contribution in [2.45, 2.75) is 44.5 Å². The molecule has 44 heavy (non-hydrogen) atoms. The van der Waals surface area contributed by atoms with E-state index in [0.717, 1.165) is 49.6 Å². The Labute approximate surface area is 256 Å². The van der Waals surface area contributed by atoms with Crippen LogP contribution in [0.5, 0.6) is 6.01 Å². The second kappa shape index (κ2) is 11.7. The van der Waals surface area contributed by atoms with Crippen molar-refractivity contribution < 1.29 is 18.7 Å². The quantitative estimate of drug-likeness (QED) is 0.301. The average Bonchev–Trinajstić information content (AvgIpc) is 3.67. The smallest absolute Gasteiger partial charge is 0.320 e. The predicted octanol–water partition coefficient (Wildman–Crippen LogP) is 3.73. The lowest BCUT2D eigenvalue weighted by Gasteiger charge is -2.41. The summed E-state index contributed by atoms with van der Waals surface area (Å²) in [5.74, 6) is -0.989. The highest BCUT2D eigenvalue weighted by molar-refractivity contribution is 5.97. The predicted molar refractivity (Wildman–Crippen MR) is 165 cm³/mol. The van der Waals surface area contributed by atoms with E-state index in [2.05, 4.69) is 69.4 Å². The van der Waals surface area contributed by atoms with Crippen molar-refractivity contribution in [3.05, 3.63) is 77.0 Å². The molecule has 1 amide bonds. The van der Waals surface area contributed by atoms with Gasteiger partial charge in [-0.05, 0) is 36.8 Å². The van der Waals surface area contributed by atoms with Crippen molar-refractivity contribution >= 4 is 28.2 Å². The zero-order valence-corrected chi connectivity index (χ0v) is 24.9. The van der Waals surface area contributed by atoms with Gasteiger partial charge in [0.15, 0.2) is 5.83 Å². The Hall–Kier alpha value is -4.27. The van der Waals surface area contributed by atoms with Crippen LogP contribution in [0.3, 0.4) is 0 Å². The molecule has 0 N–H and O–H groups in total. The first kappa shape index (κ1) is 28.5. The lowest BCUT2D eigenvalue weighted by molar-refractivity contribution is -0.131. The molecule has 0 aliphatic carbocycles. The van der Waals surface area contributed by atoms with Crippen LogP contribution < -0.4 is 14.5 Å². The molecule has 3 aromatic rings. The lowest BCUT2D eigenvalue weighted by Crippen LogP contribution is -2.57. The van der Waals surface area contributed by atoms with Crippen LogP contribution in [0.4, 0.5) is 15.9 Å². The molecule has 1 aromatic heterocycles. The molecule has 11 heteroatoms. The van der Waals surface area contributed by atoms with Gasteiger partial charge in [0.25, 0.3) is 5.91 Å². The molecule has 2 bridgehead atoms. The molecule has 7 rings (SSSR count). The average molecular weight is 598 g/mol. The second-order valence-corrected chi connectivity index (χ2v) is 12.1. The summed E-state index contributed by atoms with van der Waals surface area (Å²) >= 11 is 0. The number of morpholine rings is 1. The molecule has 228 valence electrons. The minimum atomic E-state index is -1.01. The number of anilines is 2. The van der Waals surface area contributed by atoms with Crippen LogP contribution in [0, 0.1) is 13.5 Å². The molecule has 3 atom stereocenters. The van der Waals surface area contributed by atoms with E-state index in [0.29, 0.717) is 38.4 Å². The van der Waals surface area contributed by atoms with Gasteiger partial charge in [-0.3, -0.25) is 9.69 Å². The van der Waals surface area contributed by atoms with Gasteiger partial charge in [-0.15, -0.1) is 0 Å². The Morgan fingerprint density at radius 3 is 2.75 bits per heavy atom. The first-order valence-corrected chi connectivity index (χ1v) is 15.2. The summed E-state index contributed by atoms with van der Waals surface area (Å²) in [4.78, 5) is 34.2. The molecule has 10 nitrogen and oxygen atoms in total. The third kappa shape index (κ3) is 5.22. The summed E-state index contributed by atoms with van der Waals surface area (Å²) in [7, 11) is 0. The van der Waals surface area contributed by atoms with Gasteiger partial charge in [0.1, 0.15) is 18.6 Å². The summed E-state index contributed by atoms with van der Waals surface area (Å²) in [6, 6.07) is 13.0. The Bertz CT molecular complexity index is 1650. The van der Waals surface area contributed by atoms with Crippen molar-refractivity contribution in [2.75, 3.05) is 62.4 Å². The molecule has 4 aliphatic heterocycles. The van der Waals surface area contributed by atoms with Crippen LogP contribution in [-0.2, 0) is 22.5 Å². The number of rotatable bonds is 7. The van der Waals surface area contributed by atoms with E-state index in [1.807, 2.05) is 0 Å². The highest BCUT2D eigenvalue weighted by Crippen LogP contribution is 2.36. The zero-order chi connectivity index (χ0) is 30.4. The van der Waals surface area contributed by atoms with E-state index in [-0.39, 0.29) is 19.2 Å². The molecular formula is C33H36FN7O3. The van der Waals surface area contributed by atoms with Gasteiger partial charge in [-0.25, -0.2) is 11.0 Å². The molecule has 2 aromatic carbocycles. The molecule has 0 spiro atoms. The van der Waals surface area contributed by atoms with E-state index < -0.39 is 17.8 Å². The highest BCUT2D eigenvalue weighted by Gasteiger charge is 2.40. The maximum absolute atomic E-state index is 13.8. The van der Waals surface area contributed by atoms with Crippen LogP contribution in [-0.4, -0.2) is 96.5 Å². The van der Waals surface area contributed by atoms with Gasteiger partial charge in [0, 0.05) is 55.4 Å². The third-order valence-corrected chi connectivity index (χ3v) is 9.41. The van der Waals surface area contributed by atoms with Crippen molar-refractivity contribution in [2.24, 2.45) is 0 Å². The topological polar surface area (TPSA) is 78.6 Å². The number of nitrogens with zero attached hydrogens (tertiary/aromatic N) is 7. The van der Waals surface area contributed by atoms with E-state index in [1.165, 1.54) is 26.9 Å². The van der Waals surface area contributed by atoms with Crippen LogP contribution in [0.1, 0.15) is 23.2 Å². The number of fused-ring (bicyclic) bond motifs is 4. The fourth-order valence-electron chi connectivity index (χ4n) is 7.20. The number of amides is 1. The number of aromatic nitrogens is 2. The van der Waals surface area contributed by atoms with Gasteiger partial charge in [0.05, 0.1) is 24.9 Å². The van der Waals surface area contributed by atoms with E-state index in [4.69, 9.17) is 26.0 Å². The summed E-state index contributed by atoms with van der Waals surface area (Å²) < 4.78 is 25.8. The van der Waals surface area contributed by atoms with Crippen LogP contribution >= 0.6 is 0 Å². The number of likely N-dealkylation sites (tertiary alicyclic amines) is 1. The summed E-state index contributed by atoms with van der Waals surface area (Å²) in [5.41, 5.74) is 4.37. The fourth-order valence-corrected chi connectivity index (χ4v) is 7.20. The molecule has 0 unspecified atom stereocenters. The van der Waals surface area contributed by atoms with Gasteiger partial charge in [0.2, 0.25) is 6.54 Å². The number of aryl methyl sites for hydroxylation is 1. The van der Waals surface area contributed by atoms with Crippen molar-refractivity contribution in [1.82, 2.24) is 19.8 Å². The molecule has 5 heterocycles. The van der Waals surface area contributed by atoms with Crippen LogP contribution in [0.25, 0.3) is 15.6 Å². The van der Waals surface area contributed by atoms with Gasteiger partial charge in [-0.1, -0.05) is 36.9 Å². The maximum Gasteiger partial charge on any atom is 0.320 e. The fraction of sp³-hybridized carbons (Fsp3) is 0.455. The molecular weight excluding hydrogens is 561 g/mol. The first-order chi connectivity index (χ1) is 21.4. The van der Waals surface area contributed by atoms with E-state index in [9.17, 15) is 9.18 Å². The van der Waals surface area contributed by atoms with Crippen molar-refractivity contribution in [1.29, 1.82) is 0 Å². The zero-order valence-electron chi connectivity index (χ0n) is 24.9. The number of piperazine rings is 1. The van der Waals surface area contributed by atoms with Gasteiger partial charge in [-0.2, -0.15) is 9.97 Å². The van der Waals surface area contributed by atoms with E-state index >= 15 is 0 Å². The third-order valence-electron chi connectivity index (χ3n) is 9.41. The SMILES string of the molecule is [C-]#[N+]C[C@H]1CN(c2nc(OCN3C[C@@H]4C[C@H]3CO4)nc3c2CCN(c2cccc4cccc(C)c24)C3)CCN1C(=O)C(=C)F. The Balaban J connectivity index is 1.21. The Kier molecular flexibility index (Phi) is 7.56. The Morgan fingerprint density at radius 2 is 2.00 bits per heavy atom. The van der Waals surface area contributed by atoms with Crippen molar-refractivity contribution in [3.8, 4) is 6.01 Å². The molecule has 3 saturated heterocycles. The number of carbonyl (C=O) groups excluding carboxylic acids is 1. The van der Waals surface area contributed by atoms with Crippen LogP contribution in [0.15, 0.2) is 48.8 Å². The molecule has 0 radical (unpaired) electrons. The van der Waals surface area contributed by atoms with Gasteiger partial charge < -0.3 is 29.0 Å². The second-order valence-electron chi connectivity index (χ2n) is 12.1. The monoisotopic (exact) mass is 597 g/mol. The minimum absolute atomic E-state index is 0.0694. The number of carbonyl (C=O) groups is 1. The number of ether oxygens (including phenoxy) is 2. The minimum Gasteiger partial charge on any atom is -0.447 e. The van der Waals surface area contributed by atoms with Crippen molar-refractivity contribution in [3.63, 3.8) is 0 Å². The summed E-state index contributed by atoms with van der Waals surface area (Å²) in [6.45, 7) is 17.3. The van der Waals surface area contributed by atoms with E-state index in [1.54, 1.807) is 0 Å². The standard InChI is InChI=1S/C33H36FN7O3/c1-21-6-4-7-23-8-5-9-29(30(21)23)38-11-10-27-28(18-38)36-33(44-20-40-17-26-14-24(40)19-43-26)37-31(27)39-12-13-41(32(42)22(2)34)25(16-39)15-35-3/h4-9,24-26H,2,10-20H2,1H3/t24-,25-,26-/m0/s1. The lowest BCUT2D eigenvalue weighted by atomic mass is 9.99. The van der Waals surface area contributed by atoms with Gasteiger partial charge >= 0.3 is 6.01 Å². The number of hydrogen-bond acceptors (Lipinski definition) is 8. The molecule has 4 aliphatic rings. The normalized spacial score (nSPS) is 23.1. The number of benzene rings is 2. The first-order valence-electron chi connectivity index (χ1n) is 15.2. The molecule has 3 fully saturated rings. The maximum atomic E-state index is 13.8. The summed E-state index contributed by atoms with van der Waals surface area (Å²) in [6.07, 6.45) is 2.02. The Morgan fingerprint density at radius 1 is 1.16 bits per heavy atom. The van der Waals surface area contributed by atoms with Crippen LogP contribution in [0.2, 0.25) is 0 Å².